The van der Waals surface area contributed by atoms with Crippen molar-refractivity contribution in [1.29, 1.82) is 0 Å². The van der Waals surface area contributed by atoms with E-state index in [1.54, 1.807) is 0 Å². The highest BCUT2D eigenvalue weighted by atomic mass is 127. The van der Waals surface area contributed by atoms with Crippen molar-refractivity contribution < 1.29 is 0 Å². The summed E-state index contributed by atoms with van der Waals surface area (Å²) in [4.78, 5) is 9.11. The first kappa shape index (κ1) is 24.3. The summed E-state index contributed by atoms with van der Waals surface area (Å²) in [5.74, 6) is 1.90. The van der Waals surface area contributed by atoms with Crippen LogP contribution < -0.4 is 10.2 Å². The van der Waals surface area contributed by atoms with Crippen LogP contribution >= 0.6 is 24.0 Å². The van der Waals surface area contributed by atoms with Gasteiger partial charge in [-0.15, -0.1) is 34.2 Å². The topological polar surface area (TPSA) is 61.1 Å². The lowest BCUT2D eigenvalue weighted by Crippen LogP contribution is -2.39. The number of piperidine rings is 1. The first-order chi connectivity index (χ1) is 15.2. The molecule has 3 heterocycles. The summed E-state index contributed by atoms with van der Waals surface area (Å²) in [6, 6.07) is 15.0. The summed E-state index contributed by atoms with van der Waals surface area (Å²) in [6.07, 6.45) is 7.83. The molecule has 1 saturated heterocycles. The number of nitrogens with one attached hydrogen (secondary N) is 1. The zero-order chi connectivity index (χ0) is 21.5. The molecular weight excluding hydrogens is 513 g/mol. The van der Waals surface area contributed by atoms with Crippen LogP contribution in [0, 0.1) is 0 Å². The lowest BCUT2D eigenvalue weighted by atomic mass is 10.1. The van der Waals surface area contributed by atoms with Crippen molar-refractivity contribution in [3.05, 3.63) is 60.0 Å². The largest absolute Gasteiger partial charge is 0.372 e. The van der Waals surface area contributed by atoms with Gasteiger partial charge in [0.25, 0.3) is 0 Å². The Balaban J connectivity index is 0.00000289. The van der Waals surface area contributed by atoms with Crippen LogP contribution in [0.25, 0.3) is 5.65 Å². The van der Waals surface area contributed by atoms with Gasteiger partial charge in [-0.1, -0.05) is 18.2 Å². The molecule has 0 bridgehead atoms. The molecule has 1 aromatic carbocycles. The minimum atomic E-state index is 0. The molecule has 0 spiro atoms. The third kappa shape index (κ3) is 6.11. The number of rotatable bonds is 7. The van der Waals surface area contributed by atoms with E-state index in [0.717, 1.165) is 43.4 Å². The highest BCUT2D eigenvalue weighted by Crippen LogP contribution is 2.20. The molecule has 3 aromatic rings. The zero-order valence-electron chi connectivity index (χ0n) is 19.1. The van der Waals surface area contributed by atoms with Crippen LogP contribution in [0.3, 0.4) is 0 Å². The maximum absolute atomic E-state index is 4.45. The molecule has 0 amide bonds. The number of aromatic nitrogens is 3. The molecule has 0 unspecified atom stereocenters. The van der Waals surface area contributed by atoms with Crippen molar-refractivity contribution in [2.75, 3.05) is 38.6 Å². The van der Waals surface area contributed by atoms with Crippen LogP contribution in [0.1, 0.15) is 37.1 Å². The number of aliphatic imine (C=N–C) groups is 1. The maximum Gasteiger partial charge on any atom is 0.193 e. The number of pyridine rings is 1. The van der Waals surface area contributed by atoms with E-state index in [4.69, 9.17) is 0 Å². The highest BCUT2D eigenvalue weighted by Gasteiger charge is 2.12. The minimum Gasteiger partial charge on any atom is -0.372 e. The molecule has 1 N–H and O–H groups in total. The van der Waals surface area contributed by atoms with Crippen LogP contribution in [0.5, 0.6) is 0 Å². The molecule has 0 atom stereocenters. The van der Waals surface area contributed by atoms with Crippen LogP contribution in [0.15, 0.2) is 53.7 Å². The Hall–Kier alpha value is -2.36. The van der Waals surface area contributed by atoms with Crippen LogP contribution in [-0.4, -0.2) is 59.2 Å². The second-order valence-corrected chi connectivity index (χ2v) is 8.19. The molecule has 2 aromatic heterocycles. The van der Waals surface area contributed by atoms with Gasteiger partial charge in [-0.05, 0) is 55.5 Å². The van der Waals surface area contributed by atoms with Crippen molar-refractivity contribution in [2.24, 2.45) is 4.99 Å². The normalized spacial score (nSPS) is 14.3. The summed E-state index contributed by atoms with van der Waals surface area (Å²) >= 11 is 0. The van der Waals surface area contributed by atoms with E-state index in [1.807, 2.05) is 31.4 Å². The van der Waals surface area contributed by atoms with E-state index >= 15 is 0 Å². The van der Waals surface area contributed by atoms with E-state index in [2.05, 4.69) is 66.0 Å². The lowest BCUT2D eigenvalue weighted by molar-refractivity contribution is 0.475. The molecule has 1 fully saturated rings. The molecule has 172 valence electrons. The van der Waals surface area contributed by atoms with E-state index in [-0.39, 0.29) is 24.0 Å². The quantitative estimate of drug-likeness (QED) is 0.210. The molecule has 8 heteroatoms. The number of fused-ring (bicyclic) bond motifs is 1. The SMILES string of the molecule is CN=C(NCCCc1nnc2ccccn12)N(C)Cc1ccc(N2CCCCC2)cc1.I. The Morgan fingerprint density at radius 3 is 2.59 bits per heavy atom. The van der Waals surface area contributed by atoms with Gasteiger partial charge in [0.2, 0.25) is 0 Å². The van der Waals surface area contributed by atoms with Crippen molar-refractivity contribution in [2.45, 2.75) is 38.6 Å². The number of hydrogen-bond donors (Lipinski definition) is 1. The molecule has 0 aliphatic carbocycles. The van der Waals surface area contributed by atoms with Crippen molar-refractivity contribution in [3.63, 3.8) is 0 Å². The molecule has 0 saturated carbocycles. The van der Waals surface area contributed by atoms with Crippen LogP contribution in [-0.2, 0) is 13.0 Å². The number of guanidine groups is 1. The monoisotopic (exact) mass is 547 g/mol. The molecule has 1 aliphatic rings. The van der Waals surface area contributed by atoms with Crippen LogP contribution in [0.2, 0.25) is 0 Å². The molecule has 4 rings (SSSR count). The summed E-state index contributed by atoms with van der Waals surface area (Å²) in [5.41, 5.74) is 3.53. The lowest BCUT2D eigenvalue weighted by Gasteiger charge is -2.29. The first-order valence-electron chi connectivity index (χ1n) is 11.3. The Bertz CT molecular complexity index is 993. The number of aryl methyl sites for hydroxylation is 1. The highest BCUT2D eigenvalue weighted by molar-refractivity contribution is 14.0. The fourth-order valence-electron chi connectivity index (χ4n) is 4.21. The van der Waals surface area contributed by atoms with E-state index in [1.165, 1.54) is 43.6 Å². The Morgan fingerprint density at radius 1 is 1.06 bits per heavy atom. The zero-order valence-corrected chi connectivity index (χ0v) is 21.4. The van der Waals surface area contributed by atoms with Gasteiger partial charge in [-0.2, -0.15) is 0 Å². The van der Waals surface area contributed by atoms with E-state index in [9.17, 15) is 0 Å². The summed E-state index contributed by atoms with van der Waals surface area (Å²) in [5, 5.41) is 12.0. The fourth-order valence-corrected chi connectivity index (χ4v) is 4.21. The molecule has 7 nitrogen and oxygen atoms in total. The van der Waals surface area contributed by atoms with Gasteiger partial charge in [-0.25, -0.2) is 0 Å². The van der Waals surface area contributed by atoms with Gasteiger partial charge in [0.1, 0.15) is 5.82 Å². The maximum atomic E-state index is 4.45. The number of nitrogens with zero attached hydrogens (tertiary/aromatic N) is 6. The van der Waals surface area contributed by atoms with Crippen molar-refractivity contribution in [1.82, 2.24) is 24.8 Å². The number of anilines is 1. The predicted octanol–water partition coefficient (Wildman–Crippen LogP) is 3.98. The third-order valence-corrected chi connectivity index (χ3v) is 5.90. The number of benzene rings is 1. The van der Waals surface area contributed by atoms with Crippen LogP contribution in [0.4, 0.5) is 5.69 Å². The molecular formula is C24H34IN7. The van der Waals surface area contributed by atoms with Gasteiger partial charge in [0.15, 0.2) is 11.6 Å². The predicted molar refractivity (Wildman–Crippen MR) is 142 cm³/mol. The van der Waals surface area contributed by atoms with E-state index in [0.29, 0.717) is 0 Å². The number of hydrogen-bond acceptors (Lipinski definition) is 4. The summed E-state index contributed by atoms with van der Waals surface area (Å²) in [7, 11) is 3.92. The average molecular weight is 547 g/mol. The van der Waals surface area contributed by atoms with E-state index < -0.39 is 0 Å². The van der Waals surface area contributed by atoms with Gasteiger partial charge < -0.3 is 15.1 Å². The fraction of sp³-hybridized carbons (Fsp3) is 0.458. The third-order valence-electron chi connectivity index (χ3n) is 5.90. The van der Waals surface area contributed by atoms with Crippen molar-refractivity contribution in [3.8, 4) is 0 Å². The minimum absolute atomic E-state index is 0. The molecule has 0 radical (unpaired) electrons. The standard InChI is InChI=1S/C24H33N7.HI/c1-25-24(26-15-8-10-23-28-27-22-9-4-7-18-31(22)23)29(2)19-20-11-13-21(14-12-20)30-16-5-3-6-17-30;/h4,7,9,11-14,18H,3,5-6,8,10,15-17,19H2,1-2H3,(H,25,26);1H. The Labute approximate surface area is 207 Å². The van der Waals surface area contributed by atoms with Gasteiger partial charge in [0, 0.05) is 58.6 Å². The van der Waals surface area contributed by atoms with Gasteiger partial charge in [0.05, 0.1) is 0 Å². The number of halogens is 1. The molecule has 1 aliphatic heterocycles. The Kier molecular flexibility index (Phi) is 9.13. The summed E-state index contributed by atoms with van der Waals surface area (Å²) in [6.45, 7) is 4.03. The first-order valence-corrected chi connectivity index (χ1v) is 11.3. The second kappa shape index (κ2) is 12.0. The van der Waals surface area contributed by atoms with Gasteiger partial charge >= 0.3 is 0 Å². The van der Waals surface area contributed by atoms with Crippen molar-refractivity contribution >= 4 is 41.3 Å². The second-order valence-electron chi connectivity index (χ2n) is 8.19. The summed E-state index contributed by atoms with van der Waals surface area (Å²) < 4.78 is 2.05. The smallest absolute Gasteiger partial charge is 0.193 e. The Morgan fingerprint density at radius 2 is 1.84 bits per heavy atom. The molecule has 32 heavy (non-hydrogen) atoms. The van der Waals surface area contributed by atoms with Gasteiger partial charge in [-0.3, -0.25) is 9.39 Å². The average Bonchev–Trinajstić information content (AvgIpc) is 3.23.